The number of amides is 1. The standard InChI is InChI=1S/C20H22ClNO3/c1-14(15-6-4-7-16(21)12-15)22-20(23)18-9-2-3-10-19(18)25-13-17-8-5-11-24-17/h2-4,6-7,9-10,12,14,17H,5,8,11,13H2,1H3,(H,22,23). The summed E-state index contributed by atoms with van der Waals surface area (Å²) in [4.78, 5) is 12.7. The third-order valence-corrected chi connectivity index (χ3v) is 4.51. The Kier molecular flexibility index (Phi) is 5.95. The topological polar surface area (TPSA) is 47.6 Å². The van der Waals surface area contributed by atoms with E-state index in [-0.39, 0.29) is 18.1 Å². The molecule has 0 spiro atoms. The van der Waals surface area contributed by atoms with Crippen LogP contribution >= 0.6 is 11.6 Å². The Balaban J connectivity index is 1.66. The van der Waals surface area contributed by atoms with Gasteiger partial charge in [-0.2, -0.15) is 0 Å². The lowest BCUT2D eigenvalue weighted by molar-refractivity contribution is 0.0670. The lowest BCUT2D eigenvalue weighted by Gasteiger charge is -2.17. The summed E-state index contributed by atoms with van der Waals surface area (Å²) < 4.78 is 11.4. The summed E-state index contributed by atoms with van der Waals surface area (Å²) >= 11 is 6.03. The monoisotopic (exact) mass is 359 g/mol. The van der Waals surface area contributed by atoms with Gasteiger partial charge in [0.05, 0.1) is 17.7 Å². The number of rotatable bonds is 6. The normalized spacial score (nSPS) is 17.9. The smallest absolute Gasteiger partial charge is 0.255 e. The molecule has 1 aliphatic heterocycles. The van der Waals surface area contributed by atoms with Crippen LogP contribution in [0.15, 0.2) is 48.5 Å². The average Bonchev–Trinajstić information content (AvgIpc) is 3.13. The molecule has 132 valence electrons. The molecule has 3 rings (SSSR count). The second-order valence-electron chi connectivity index (χ2n) is 6.19. The summed E-state index contributed by atoms with van der Waals surface area (Å²) in [7, 11) is 0. The minimum Gasteiger partial charge on any atom is -0.490 e. The first kappa shape index (κ1) is 17.8. The van der Waals surface area contributed by atoms with E-state index in [1.54, 1.807) is 6.07 Å². The Morgan fingerprint density at radius 2 is 2.16 bits per heavy atom. The highest BCUT2D eigenvalue weighted by molar-refractivity contribution is 6.30. The third-order valence-electron chi connectivity index (χ3n) is 4.28. The molecule has 1 saturated heterocycles. The summed E-state index contributed by atoms with van der Waals surface area (Å²) in [6.07, 6.45) is 2.18. The molecule has 1 N–H and O–H groups in total. The van der Waals surface area contributed by atoms with Crippen molar-refractivity contribution in [3.05, 3.63) is 64.7 Å². The van der Waals surface area contributed by atoms with E-state index in [0.717, 1.165) is 25.0 Å². The number of halogens is 1. The molecule has 4 nitrogen and oxygen atoms in total. The SMILES string of the molecule is CC(NC(=O)c1ccccc1OCC1CCCO1)c1cccc(Cl)c1. The molecule has 5 heteroatoms. The Hall–Kier alpha value is -2.04. The van der Waals surface area contributed by atoms with Crippen molar-refractivity contribution in [2.45, 2.75) is 31.9 Å². The molecule has 1 aliphatic rings. The third kappa shape index (κ3) is 4.74. The van der Waals surface area contributed by atoms with Crippen molar-refractivity contribution in [2.75, 3.05) is 13.2 Å². The van der Waals surface area contributed by atoms with Crippen molar-refractivity contribution < 1.29 is 14.3 Å². The summed E-state index contributed by atoms with van der Waals surface area (Å²) in [5.74, 6) is 0.407. The molecule has 25 heavy (non-hydrogen) atoms. The molecular formula is C20H22ClNO3. The van der Waals surface area contributed by atoms with Crippen LogP contribution < -0.4 is 10.1 Å². The van der Waals surface area contributed by atoms with Crippen molar-refractivity contribution >= 4 is 17.5 Å². The molecule has 1 heterocycles. The molecule has 2 atom stereocenters. The fourth-order valence-electron chi connectivity index (χ4n) is 2.87. The quantitative estimate of drug-likeness (QED) is 0.832. The number of para-hydroxylation sites is 1. The summed E-state index contributed by atoms with van der Waals surface area (Å²) in [6, 6.07) is 14.6. The fraction of sp³-hybridized carbons (Fsp3) is 0.350. The van der Waals surface area contributed by atoms with E-state index in [2.05, 4.69) is 5.32 Å². The molecule has 0 aromatic heterocycles. The van der Waals surface area contributed by atoms with Gasteiger partial charge in [0.25, 0.3) is 5.91 Å². The van der Waals surface area contributed by atoms with Gasteiger partial charge in [-0.05, 0) is 49.6 Å². The van der Waals surface area contributed by atoms with Gasteiger partial charge >= 0.3 is 0 Å². The maximum Gasteiger partial charge on any atom is 0.255 e. The maximum absolute atomic E-state index is 12.7. The van der Waals surface area contributed by atoms with Gasteiger partial charge in [0.2, 0.25) is 0 Å². The predicted octanol–water partition coefficient (Wildman–Crippen LogP) is 4.39. The molecule has 0 bridgehead atoms. The summed E-state index contributed by atoms with van der Waals surface area (Å²) in [5.41, 5.74) is 1.48. The van der Waals surface area contributed by atoms with E-state index >= 15 is 0 Å². The number of carbonyl (C=O) groups excluding carboxylic acids is 1. The molecule has 0 radical (unpaired) electrons. The lowest BCUT2D eigenvalue weighted by atomic mass is 10.1. The molecule has 1 amide bonds. The van der Waals surface area contributed by atoms with Gasteiger partial charge < -0.3 is 14.8 Å². The second-order valence-corrected chi connectivity index (χ2v) is 6.63. The first-order valence-corrected chi connectivity index (χ1v) is 8.91. The van der Waals surface area contributed by atoms with Crippen LogP contribution in [0.1, 0.15) is 41.7 Å². The van der Waals surface area contributed by atoms with Crippen LogP contribution in [-0.2, 0) is 4.74 Å². The zero-order valence-electron chi connectivity index (χ0n) is 14.2. The summed E-state index contributed by atoms with van der Waals surface area (Å²) in [6.45, 7) is 3.18. The van der Waals surface area contributed by atoms with Gasteiger partial charge in [-0.25, -0.2) is 0 Å². The molecular weight excluding hydrogens is 338 g/mol. The Labute approximate surface area is 153 Å². The van der Waals surface area contributed by atoms with Crippen molar-refractivity contribution in [3.63, 3.8) is 0 Å². The van der Waals surface area contributed by atoms with Crippen LogP contribution in [0.4, 0.5) is 0 Å². The van der Waals surface area contributed by atoms with E-state index in [9.17, 15) is 4.79 Å². The van der Waals surface area contributed by atoms with Gasteiger partial charge in [0.1, 0.15) is 12.4 Å². The Morgan fingerprint density at radius 3 is 2.92 bits per heavy atom. The van der Waals surface area contributed by atoms with Crippen LogP contribution in [0.25, 0.3) is 0 Å². The Bertz CT molecular complexity index is 728. The van der Waals surface area contributed by atoms with Crippen molar-refractivity contribution in [2.24, 2.45) is 0 Å². The number of hydrogen-bond acceptors (Lipinski definition) is 3. The van der Waals surface area contributed by atoms with Crippen LogP contribution in [0, 0.1) is 0 Å². The lowest BCUT2D eigenvalue weighted by Crippen LogP contribution is -2.27. The molecule has 0 aliphatic carbocycles. The van der Waals surface area contributed by atoms with Crippen LogP contribution in [-0.4, -0.2) is 25.2 Å². The molecule has 2 aromatic carbocycles. The second kappa shape index (κ2) is 8.37. The first-order valence-electron chi connectivity index (χ1n) is 8.53. The minimum absolute atomic E-state index is 0.113. The maximum atomic E-state index is 12.7. The van der Waals surface area contributed by atoms with E-state index < -0.39 is 0 Å². The zero-order chi connectivity index (χ0) is 17.6. The van der Waals surface area contributed by atoms with Crippen LogP contribution in [0.3, 0.4) is 0 Å². The minimum atomic E-state index is -0.171. The van der Waals surface area contributed by atoms with Crippen LogP contribution in [0.2, 0.25) is 5.02 Å². The highest BCUT2D eigenvalue weighted by atomic mass is 35.5. The number of benzene rings is 2. The van der Waals surface area contributed by atoms with E-state index in [1.807, 2.05) is 49.4 Å². The van der Waals surface area contributed by atoms with Gasteiger partial charge in [-0.1, -0.05) is 35.9 Å². The number of nitrogens with one attached hydrogen (secondary N) is 1. The van der Waals surface area contributed by atoms with Gasteiger partial charge in [0, 0.05) is 11.6 Å². The van der Waals surface area contributed by atoms with Crippen LogP contribution in [0.5, 0.6) is 5.75 Å². The van der Waals surface area contributed by atoms with Gasteiger partial charge in [-0.3, -0.25) is 4.79 Å². The number of hydrogen-bond donors (Lipinski definition) is 1. The molecule has 0 saturated carbocycles. The van der Waals surface area contributed by atoms with Crippen molar-refractivity contribution in [3.8, 4) is 5.75 Å². The first-order chi connectivity index (χ1) is 12.1. The molecule has 2 unspecified atom stereocenters. The summed E-state index contributed by atoms with van der Waals surface area (Å²) in [5, 5.41) is 3.65. The Morgan fingerprint density at radius 1 is 1.32 bits per heavy atom. The van der Waals surface area contributed by atoms with Gasteiger partial charge in [0.15, 0.2) is 0 Å². The van der Waals surface area contributed by atoms with E-state index in [4.69, 9.17) is 21.1 Å². The predicted molar refractivity (Wildman–Crippen MR) is 98.2 cm³/mol. The molecule has 2 aromatic rings. The average molecular weight is 360 g/mol. The zero-order valence-corrected chi connectivity index (χ0v) is 15.0. The van der Waals surface area contributed by atoms with E-state index in [0.29, 0.717) is 22.9 Å². The van der Waals surface area contributed by atoms with Crippen molar-refractivity contribution in [1.82, 2.24) is 5.32 Å². The number of carbonyl (C=O) groups is 1. The number of ether oxygens (including phenoxy) is 2. The fourth-order valence-corrected chi connectivity index (χ4v) is 3.07. The highest BCUT2D eigenvalue weighted by Gasteiger charge is 2.19. The molecule has 1 fully saturated rings. The van der Waals surface area contributed by atoms with E-state index in [1.165, 1.54) is 0 Å². The highest BCUT2D eigenvalue weighted by Crippen LogP contribution is 2.22. The largest absolute Gasteiger partial charge is 0.490 e. The van der Waals surface area contributed by atoms with Crippen molar-refractivity contribution in [1.29, 1.82) is 0 Å². The van der Waals surface area contributed by atoms with Gasteiger partial charge in [-0.15, -0.1) is 0 Å².